The van der Waals surface area contributed by atoms with Gasteiger partial charge in [-0.1, -0.05) is 24.3 Å². The van der Waals surface area contributed by atoms with E-state index >= 15 is 0 Å². The molecule has 1 aliphatic heterocycles. The first-order valence-corrected chi connectivity index (χ1v) is 11.0. The van der Waals surface area contributed by atoms with Crippen LogP contribution in [0.5, 0.6) is 0 Å². The average molecular weight is 432 g/mol. The summed E-state index contributed by atoms with van der Waals surface area (Å²) in [4.78, 5) is 26.4. The number of thioether (sulfide) groups is 1. The topological polar surface area (TPSA) is 70.7 Å². The van der Waals surface area contributed by atoms with Crippen LogP contribution in [0, 0.1) is 5.82 Å². The van der Waals surface area contributed by atoms with Gasteiger partial charge in [0, 0.05) is 31.9 Å². The van der Waals surface area contributed by atoms with Crippen LogP contribution in [-0.4, -0.2) is 54.5 Å². The second-order valence-electron chi connectivity index (χ2n) is 6.98. The Kier molecular flexibility index (Phi) is 8.67. The molecule has 1 fully saturated rings. The molecule has 160 valence electrons. The molecule has 0 radical (unpaired) electrons. The summed E-state index contributed by atoms with van der Waals surface area (Å²) in [6.45, 7) is 4.64. The summed E-state index contributed by atoms with van der Waals surface area (Å²) >= 11 is 1.24. The fraction of sp³-hybridized carbons (Fsp3) is 0.364. The number of benzene rings is 2. The summed E-state index contributed by atoms with van der Waals surface area (Å²) in [7, 11) is 0. The van der Waals surface area contributed by atoms with Crippen LogP contribution in [0.1, 0.15) is 11.1 Å². The van der Waals surface area contributed by atoms with Crippen molar-refractivity contribution in [2.75, 3.05) is 43.1 Å². The summed E-state index contributed by atoms with van der Waals surface area (Å²) < 4.78 is 18.3. The third kappa shape index (κ3) is 7.44. The van der Waals surface area contributed by atoms with Crippen molar-refractivity contribution in [3.63, 3.8) is 0 Å². The molecule has 2 aromatic rings. The van der Waals surface area contributed by atoms with E-state index in [9.17, 15) is 14.0 Å². The third-order valence-corrected chi connectivity index (χ3v) is 5.62. The van der Waals surface area contributed by atoms with Gasteiger partial charge in [0.05, 0.1) is 24.7 Å². The highest BCUT2D eigenvalue weighted by Crippen LogP contribution is 2.13. The molecule has 0 bridgehead atoms. The molecule has 0 aliphatic carbocycles. The van der Waals surface area contributed by atoms with E-state index in [-0.39, 0.29) is 29.1 Å². The van der Waals surface area contributed by atoms with Crippen LogP contribution in [0.15, 0.2) is 48.5 Å². The van der Waals surface area contributed by atoms with Crippen molar-refractivity contribution in [2.24, 2.45) is 0 Å². The van der Waals surface area contributed by atoms with Gasteiger partial charge in [-0.3, -0.25) is 14.5 Å². The van der Waals surface area contributed by atoms with E-state index in [1.807, 2.05) is 18.2 Å². The smallest absolute Gasteiger partial charge is 0.234 e. The molecular weight excluding hydrogens is 405 g/mol. The molecule has 0 atom stereocenters. The first-order chi connectivity index (χ1) is 14.6. The Morgan fingerprint density at radius 1 is 0.967 bits per heavy atom. The molecule has 0 saturated carbocycles. The normalized spacial score (nSPS) is 14.3. The van der Waals surface area contributed by atoms with Gasteiger partial charge in [0.15, 0.2) is 0 Å². The standard InChI is InChI=1S/C22H26FN3O3S/c23-19-5-7-20(8-6-19)25-22(28)16-30-15-21(27)24-13-17-3-1-2-4-18(17)14-26-9-11-29-12-10-26/h1-8H,9-16H2,(H,24,27)(H,25,28). The van der Waals surface area contributed by atoms with Gasteiger partial charge < -0.3 is 15.4 Å². The molecule has 1 aliphatic rings. The minimum absolute atomic E-state index is 0.115. The van der Waals surface area contributed by atoms with Crippen molar-refractivity contribution in [3.8, 4) is 0 Å². The molecule has 3 rings (SSSR count). The van der Waals surface area contributed by atoms with Crippen LogP contribution in [0.3, 0.4) is 0 Å². The van der Waals surface area contributed by atoms with Gasteiger partial charge in [-0.05, 0) is 35.4 Å². The van der Waals surface area contributed by atoms with E-state index in [0.29, 0.717) is 12.2 Å². The van der Waals surface area contributed by atoms with Gasteiger partial charge in [-0.15, -0.1) is 11.8 Å². The van der Waals surface area contributed by atoms with Crippen molar-refractivity contribution in [3.05, 3.63) is 65.5 Å². The Balaban J connectivity index is 1.38. The van der Waals surface area contributed by atoms with Crippen LogP contribution >= 0.6 is 11.8 Å². The van der Waals surface area contributed by atoms with Crippen molar-refractivity contribution < 1.29 is 18.7 Å². The first kappa shape index (κ1) is 22.3. The Morgan fingerprint density at radius 3 is 2.37 bits per heavy atom. The zero-order chi connectivity index (χ0) is 21.2. The predicted octanol–water partition coefficient (Wildman–Crippen LogP) is 2.65. The van der Waals surface area contributed by atoms with Crippen molar-refractivity contribution >= 4 is 29.3 Å². The molecular formula is C22H26FN3O3S. The molecule has 1 heterocycles. The summed E-state index contributed by atoms with van der Waals surface area (Å²) in [5, 5.41) is 5.61. The van der Waals surface area contributed by atoms with E-state index in [0.717, 1.165) is 38.4 Å². The second kappa shape index (κ2) is 11.7. The molecule has 0 unspecified atom stereocenters. The molecule has 2 amide bonds. The summed E-state index contributed by atoms with van der Waals surface area (Å²) in [6.07, 6.45) is 0. The number of anilines is 1. The quantitative estimate of drug-likeness (QED) is 0.639. The SMILES string of the molecule is O=C(CSCC(=O)Nc1ccc(F)cc1)NCc1ccccc1CN1CCOCC1. The number of hydrogen-bond donors (Lipinski definition) is 2. The minimum Gasteiger partial charge on any atom is -0.379 e. The maximum atomic E-state index is 12.9. The highest BCUT2D eigenvalue weighted by molar-refractivity contribution is 8.00. The van der Waals surface area contributed by atoms with Gasteiger partial charge in [0.2, 0.25) is 11.8 Å². The number of carbonyl (C=O) groups excluding carboxylic acids is 2. The number of halogens is 1. The maximum Gasteiger partial charge on any atom is 0.234 e. The molecule has 0 spiro atoms. The fourth-order valence-corrected chi connectivity index (χ4v) is 3.74. The van der Waals surface area contributed by atoms with E-state index in [2.05, 4.69) is 21.6 Å². The second-order valence-corrected chi connectivity index (χ2v) is 7.97. The Hall–Kier alpha value is -2.42. The lowest BCUT2D eigenvalue weighted by atomic mass is 10.1. The number of hydrogen-bond acceptors (Lipinski definition) is 5. The van der Waals surface area contributed by atoms with Crippen LogP contribution in [-0.2, 0) is 27.4 Å². The van der Waals surface area contributed by atoms with Crippen molar-refractivity contribution in [1.82, 2.24) is 10.2 Å². The fourth-order valence-electron chi connectivity index (χ4n) is 3.10. The number of nitrogens with zero attached hydrogens (tertiary/aromatic N) is 1. The van der Waals surface area contributed by atoms with E-state index in [4.69, 9.17) is 4.74 Å². The van der Waals surface area contributed by atoms with E-state index in [1.165, 1.54) is 41.6 Å². The van der Waals surface area contributed by atoms with Gasteiger partial charge in [-0.25, -0.2) is 4.39 Å². The highest BCUT2D eigenvalue weighted by atomic mass is 32.2. The largest absolute Gasteiger partial charge is 0.379 e. The predicted molar refractivity (Wildman–Crippen MR) is 117 cm³/mol. The van der Waals surface area contributed by atoms with Crippen molar-refractivity contribution in [2.45, 2.75) is 13.1 Å². The number of rotatable bonds is 9. The molecule has 6 nitrogen and oxygen atoms in total. The monoisotopic (exact) mass is 431 g/mol. The lowest BCUT2D eigenvalue weighted by Crippen LogP contribution is -2.36. The molecule has 30 heavy (non-hydrogen) atoms. The van der Waals surface area contributed by atoms with Crippen LogP contribution < -0.4 is 10.6 Å². The first-order valence-electron chi connectivity index (χ1n) is 9.87. The molecule has 0 aromatic heterocycles. The van der Waals surface area contributed by atoms with Crippen LogP contribution in [0.25, 0.3) is 0 Å². The molecule has 1 saturated heterocycles. The maximum absolute atomic E-state index is 12.9. The number of nitrogens with one attached hydrogen (secondary N) is 2. The highest BCUT2D eigenvalue weighted by Gasteiger charge is 2.13. The summed E-state index contributed by atoms with van der Waals surface area (Å²) in [5.74, 6) is -0.350. The zero-order valence-corrected chi connectivity index (χ0v) is 17.6. The van der Waals surface area contributed by atoms with Crippen LogP contribution in [0.4, 0.5) is 10.1 Å². The number of carbonyl (C=O) groups is 2. The summed E-state index contributed by atoms with van der Waals surface area (Å²) in [6, 6.07) is 13.7. The van der Waals surface area contributed by atoms with E-state index in [1.54, 1.807) is 0 Å². The lowest BCUT2D eigenvalue weighted by molar-refractivity contribution is -0.118. The Morgan fingerprint density at radius 2 is 1.63 bits per heavy atom. The summed E-state index contributed by atoms with van der Waals surface area (Å²) in [5.41, 5.74) is 2.82. The minimum atomic E-state index is -0.356. The zero-order valence-electron chi connectivity index (χ0n) is 16.7. The van der Waals surface area contributed by atoms with E-state index < -0.39 is 0 Å². The van der Waals surface area contributed by atoms with Gasteiger partial charge in [0.25, 0.3) is 0 Å². The molecule has 2 N–H and O–H groups in total. The lowest BCUT2D eigenvalue weighted by Gasteiger charge is -2.27. The molecule has 2 aromatic carbocycles. The van der Waals surface area contributed by atoms with Crippen LogP contribution in [0.2, 0.25) is 0 Å². The van der Waals surface area contributed by atoms with Gasteiger partial charge in [-0.2, -0.15) is 0 Å². The van der Waals surface area contributed by atoms with Gasteiger partial charge >= 0.3 is 0 Å². The number of ether oxygens (including phenoxy) is 1. The number of amides is 2. The average Bonchev–Trinajstić information content (AvgIpc) is 2.75. The van der Waals surface area contributed by atoms with Crippen molar-refractivity contribution in [1.29, 1.82) is 0 Å². The Bertz CT molecular complexity index is 842. The third-order valence-electron chi connectivity index (χ3n) is 4.69. The van der Waals surface area contributed by atoms with Gasteiger partial charge in [0.1, 0.15) is 5.82 Å². The Labute approximate surface area is 180 Å². The molecule has 8 heteroatoms. The number of morpholine rings is 1.